The number of hydrogen-bond acceptors (Lipinski definition) is 3. The van der Waals surface area contributed by atoms with Gasteiger partial charge in [0.05, 0.1) is 6.04 Å². The van der Waals surface area contributed by atoms with Crippen molar-refractivity contribution in [2.24, 2.45) is 5.92 Å². The lowest BCUT2D eigenvalue weighted by atomic mass is 9.91. The third kappa shape index (κ3) is 3.29. The van der Waals surface area contributed by atoms with Crippen LogP contribution in [0.2, 0.25) is 0 Å². The number of piperidine rings is 1. The molecule has 2 heterocycles. The lowest BCUT2D eigenvalue weighted by molar-refractivity contribution is -0.114. The maximum absolute atomic E-state index is 11.1. The minimum Gasteiger partial charge on any atom is -0.489 e. The van der Waals surface area contributed by atoms with Crippen LogP contribution in [-0.4, -0.2) is 36.4 Å². The fourth-order valence-electron chi connectivity index (χ4n) is 3.72. The van der Waals surface area contributed by atoms with Gasteiger partial charge in [0.2, 0.25) is 0 Å². The molecule has 2 saturated heterocycles. The van der Waals surface area contributed by atoms with Crippen LogP contribution in [0, 0.1) is 5.92 Å². The predicted octanol–water partition coefficient (Wildman–Crippen LogP) is 3.07. The molecule has 4 unspecified atom stereocenters. The molecule has 0 spiro atoms. The largest absolute Gasteiger partial charge is 0.489 e. The number of hydrogen-bond donors (Lipinski definition) is 0. The lowest BCUT2D eigenvalue weighted by Crippen LogP contribution is -2.47. The molecule has 0 aromatic heterocycles. The van der Waals surface area contributed by atoms with E-state index in [9.17, 15) is 4.79 Å². The van der Waals surface area contributed by atoms with Crippen LogP contribution in [0.4, 0.5) is 0 Å². The number of ether oxygens (including phenoxy) is 1. The van der Waals surface area contributed by atoms with Gasteiger partial charge in [-0.15, -0.1) is 0 Å². The van der Waals surface area contributed by atoms with Crippen molar-refractivity contribution in [3.05, 3.63) is 29.8 Å². The fourth-order valence-corrected chi connectivity index (χ4v) is 3.72. The Morgan fingerprint density at radius 2 is 2.33 bits per heavy atom. The fraction of sp³-hybridized carbons (Fsp3) is 0.611. The normalized spacial score (nSPS) is 31.1. The summed E-state index contributed by atoms with van der Waals surface area (Å²) in [6, 6.07) is 8.64. The Hall–Kier alpha value is -1.35. The van der Waals surface area contributed by atoms with Crippen molar-refractivity contribution >= 4 is 6.29 Å². The predicted molar refractivity (Wildman–Crippen MR) is 83.6 cm³/mol. The van der Waals surface area contributed by atoms with Crippen LogP contribution in [-0.2, 0) is 11.2 Å². The second-order valence-electron chi connectivity index (χ2n) is 6.40. The molecule has 3 rings (SSSR count). The first-order valence-corrected chi connectivity index (χ1v) is 8.25. The van der Waals surface area contributed by atoms with Crippen molar-refractivity contribution in [2.75, 3.05) is 13.1 Å². The number of benzene rings is 1. The Labute approximate surface area is 127 Å². The van der Waals surface area contributed by atoms with E-state index in [0.29, 0.717) is 5.92 Å². The molecule has 2 aliphatic heterocycles. The first-order chi connectivity index (χ1) is 10.3. The molecule has 1 aromatic carbocycles. The molecule has 21 heavy (non-hydrogen) atoms. The van der Waals surface area contributed by atoms with Crippen molar-refractivity contribution in [2.45, 2.75) is 51.2 Å². The van der Waals surface area contributed by atoms with Crippen LogP contribution in [0.5, 0.6) is 5.75 Å². The van der Waals surface area contributed by atoms with Crippen LogP contribution < -0.4 is 4.74 Å². The van der Waals surface area contributed by atoms with Gasteiger partial charge in [-0.3, -0.25) is 4.90 Å². The number of carbonyl (C=O) groups is 1. The van der Waals surface area contributed by atoms with Gasteiger partial charge < -0.3 is 9.53 Å². The van der Waals surface area contributed by atoms with E-state index in [0.717, 1.165) is 44.4 Å². The summed E-state index contributed by atoms with van der Waals surface area (Å²) in [5.41, 5.74) is 1.36. The van der Waals surface area contributed by atoms with Gasteiger partial charge in [-0.25, -0.2) is 0 Å². The van der Waals surface area contributed by atoms with E-state index in [1.165, 1.54) is 18.4 Å². The van der Waals surface area contributed by atoms with Crippen molar-refractivity contribution in [3.8, 4) is 5.75 Å². The zero-order chi connectivity index (χ0) is 14.7. The number of unbranched alkanes of at least 4 members (excludes halogenated alkanes) is 1. The number of aldehydes is 1. The number of carbonyl (C=O) groups excluding carboxylic acids is 1. The van der Waals surface area contributed by atoms with Gasteiger partial charge in [-0.05, 0) is 55.8 Å². The van der Waals surface area contributed by atoms with Crippen LogP contribution in [0.1, 0.15) is 38.2 Å². The molecule has 3 heteroatoms. The molecule has 4 atom stereocenters. The zero-order valence-electron chi connectivity index (χ0n) is 12.8. The highest BCUT2D eigenvalue weighted by Gasteiger charge is 2.41. The quantitative estimate of drug-likeness (QED) is 0.753. The molecule has 114 valence electrons. The summed E-state index contributed by atoms with van der Waals surface area (Å²) in [6.07, 6.45) is 7.08. The molecule has 2 bridgehead atoms. The van der Waals surface area contributed by atoms with E-state index in [4.69, 9.17) is 4.74 Å². The molecule has 2 fully saturated rings. The summed E-state index contributed by atoms with van der Waals surface area (Å²) in [6.45, 7) is 4.15. The summed E-state index contributed by atoms with van der Waals surface area (Å²) in [5, 5.41) is 0. The highest BCUT2D eigenvalue weighted by atomic mass is 16.5. The van der Waals surface area contributed by atoms with Gasteiger partial charge in [0.25, 0.3) is 0 Å². The second-order valence-corrected chi connectivity index (χ2v) is 6.40. The van der Waals surface area contributed by atoms with Crippen molar-refractivity contribution < 1.29 is 9.53 Å². The van der Waals surface area contributed by atoms with Crippen molar-refractivity contribution in [1.82, 2.24) is 4.90 Å². The Bertz CT molecular complexity index is 474. The Kier molecular flexibility index (Phi) is 4.59. The van der Waals surface area contributed by atoms with E-state index in [1.807, 2.05) is 0 Å². The van der Waals surface area contributed by atoms with Crippen LogP contribution in [0.25, 0.3) is 0 Å². The summed E-state index contributed by atoms with van der Waals surface area (Å²) in [7, 11) is 0. The van der Waals surface area contributed by atoms with Crippen LogP contribution in [0.15, 0.2) is 24.3 Å². The maximum Gasteiger partial charge on any atom is 0.137 e. The van der Waals surface area contributed by atoms with Crippen LogP contribution in [0.3, 0.4) is 0 Å². The molecule has 0 aliphatic carbocycles. The van der Waals surface area contributed by atoms with Gasteiger partial charge in [-0.2, -0.15) is 0 Å². The molecule has 0 amide bonds. The molecule has 0 radical (unpaired) electrons. The summed E-state index contributed by atoms with van der Waals surface area (Å²) < 4.78 is 6.19. The summed E-state index contributed by atoms with van der Waals surface area (Å²) in [4.78, 5) is 13.4. The molecule has 3 nitrogen and oxygen atoms in total. The highest BCUT2D eigenvalue weighted by Crippen LogP contribution is 2.34. The molecular weight excluding hydrogens is 262 g/mol. The molecule has 2 aliphatic rings. The number of rotatable bonds is 6. The van der Waals surface area contributed by atoms with Crippen molar-refractivity contribution in [1.29, 1.82) is 0 Å². The minimum atomic E-state index is 0.140. The van der Waals surface area contributed by atoms with Gasteiger partial charge in [0.15, 0.2) is 0 Å². The zero-order valence-corrected chi connectivity index (χ0v) is 12.8. The van der Waals surface area contributed by atoms with E-state index < -0.39 is 0 Å². The standard InChI is InChI=1S/C18H25NO2/c1-2-3-5-14-6-4-7-16(10-14)21-17-11-15-8-9-19(12-17)18(15)13-20/h4,6-7,10,13,15,17-18H,2-3,5,8-9,11-12H2,1H3. The molecule has 0 N–H and O–H groups in total. The SMILES string of the molecule is CCCCc1cccc(OC2CC3CCN(C2)C3C=O)c1. The van der Waals surface area contributed by atoms with E-state index in [2.05, 4.69) is 36.1 Å². The number of nitrogens with zero attached hydrogens (tertiary/aromatic N) is 1. The first-order valence-electron chi connectivity index (χ1n) is 8.25. The maximum atomic E-state index is 11.1. The van der Waals surface area contributed by atoms with Crippen LogP contribution >= 0.6 is 0 Å². The Morgan fingerprint density at radius 3 is 3.10 bits per heavy atom. The monoisotopic (exact) mass is 287 g/mol. The van der Waals surface area contributed by atoms with Gasteiger partial charge >= 0.3 is 0 Å². The number of fused-ring (bicyclic) bond motifs is 2. The van der Waals surface area contributed by atoms with Gasteiger partial charge in [0.1, 0.15) is 18.1 Å². The first kappa shape index (κ1) is 14.6. The minimum absolute atomic E-state index is 0.140. The molecule has 1 aromatic rings. The van der Waals surface area contributed by atoms with Gasteiger partial charge in [0, 0.05) is 6.54 Å². The topological polar surface area (TPSA) is 29.5 Å². The Balaban J connectivity index is 1.61. The third-order valence-corrected chi connectivity index (χ3v) is 4.86. The van der Waals surface area contributed by atoms with Gasteiger partial charge in [-0.1, -0.05) is 25.5 Å². The second kappa shape index (κ2) is 6.61. The summed E-state index contributed by atoms with van der Waals surface area (Å²) >= 11 is 0. The third-order valence-electron chi connectivity index (χ3n) is 4.86. The summed E-state index contributed by atoms with van der Waals surface area (Å²) in [5.74, 6) is 1.48. The average molecular weight is 287 g/mol. The molecular formula is C18H25NO2. The molecule has 0 saturated carbocycles. The highest BCUT2D eigenvalue weighted by molar-refractivity contribution is 5.59. The van der Waals surface area contributed by atoms with E-state index >= 15 is 0 Å². The smallest absolute Gasteiger partial charge is 0.137 e. The van der Waals surface area contributed by atoms with E-state index in [1.54, 1.807) is 0 Å². The number of aryl methyl sites for hydroxylation is 1. The van der Waals surface area contributed by atoms with Crippen molar-refractivity contribution in [3.63, 3.8) is 0 Å². The Morgan fingerprint density at radius 1 is 1.43 bits per heavy atom. The van der Waals surface area contributed by atoms with E-state index in [-0.39, 0.29) is 12.1 Å². The lowest BCUT2D eigenvalue weighted by Gasteiger charge is -2.34. The average Bonchev–Trinajstić information content (AvgIpc) is 2.75.